The second kappa shape index (κ2) is 9.05. The van der Waals surface area contributed by atoms with Crippen LogP contribution in [0.1, 0.15) is 44.9 Å². The summed E-state index contributed by atoms with van der Waals surface area (Å²) < 4.78 is 4.50. The molecule has 0 spiro atoms. The molecule has 6 heteroatoms. The molecule has 0 unspecified atom stereocenters. The Morgan fingerprint density at radius 3 is 2.38 bits per heavy atom. The third-order valence-corrected chi connectivity index (χ3v) is 4.17. The van der Waals surface area contributed by atoms with Crippen LogP contribution in [0.3, 0.4) is 0 Å². The molecule has 0 bridgehead atoms. The largest absolute Gasteiger partial charge is 0.469 e. The molecule has 2 amide bonds. The van der Waals surface area contributed by atoms with Gasteiger partial charge in [0, 0.05) is 23.7 Å². The highest BCUT2D eigenvalue weighted by Gasteiger charge is 2.21. The number of hydrogen-bond donors (Lipinski definition) is 2. The Hall–Kier alpha value is -2.37. The van der Waals surface area contributed by atoms with E-state index in [0.717, 1.165) is 25.7 Å². The van der Waals surface area contributed by atoms with Crippen molar-refractivity contribution in [2.75, 3.05) is 17.7 Å². The second-order valence-electron chi connectivity index (χ2n) is 6.03. The van der Waals surface area contributed by atoms with Crippen LogP contribution >= 0.6 is 0 Å². The van der Waals surface area contributed by atoms with Crippen molar-refractivity contribution in [3.63, 3.8) is 0 Å². The number of methoxy groups -OCH3 is 1. The van der Waals surface area contributed by atoms with Crippen LogP contribution in [0.5, 0.6) is 0 Å². The van der Waals surface area contributed by atoms with Crippen LogP contribution in [0.2, 0.25) is 0 Å². The van der Waals surface area contributed by atoms with Gasteiger partial charge in [0.1, 0.15) is 0 Å². The lowest BCUT2D eigenvalue weighted by Crippen LogP contribution is -2.24. The monoisotopic (exact) mass is 332 g/mol. The fraction of sp³-hybridized carbons (Fsp3) is 0.500. The molecule has 0 radical (unpaired) electrons. The van der Waals surface area contributed by atoms with Crippen LogP contribution in [0.15, 0.2) is 24.3 Å². The molecule has 6 nitrogen and oxygen atoms in total. The van der Waals surface area contributed by atoms with E-state index in [9.17, 15) is 14.4 Å². The van der Waals surface area contributed by atoms with Crippen molar-refractivity contribution in [3.8, 4) is 0 Å². The zero-order chi connectivity index (χ0) is 17.4. The SMILES string of the molecule is COC(=O)CCC(=O)Nc1cccc(NC(=O)C2CCCCC2)c1. The lowest BCUT2D eigenvalue weighted by molar-refractivity contribution is -0.141. The number of amides is 2. The highest BCUT2D eigenvalue weighted by molar-refractivity contribution is 5.95. The number of anilines is 2. The molecule has 1 aromatic carbocycles. The average Bonchev–Trinajstić information content (AvgIpc) is 2.60. The third kappa shape index (κ3) is 5.68. The first kappa shape index (κ1) is 18.0. The molecule has 1 saturated carbocycles. The van der Waals surface area contributed by atoms with Crippen LogP contribution in [0, 0.1) is 5.92 Å². The number of carbonyl (C=O) groups excluding carboxylic acids is 3. The molecule has 130 valence electrons. The summed E-state index contributed by atoms with van der Waals surface area (Å²) in [4.78, 5) is 35.1. The summed E-state index contributed by atoms with van der Waals surface area (Å²) in [6.45, 7) is 0. The molecule has 0 atom stereocenters. The first-order valence-electron chi connectivity index (χ1n) is 8.36. The first-order chi connectivity index (χ1) is 11.6. The van der Waals surface area contributed by atoms with E-state index in [1.807, 2.05) is 0 Å². The maximum absolute atomic E-state index is 12.3. The summed E-state index contributed by atoms with van der Waals surface area (Å²) in [5, 5.41) is 5.64. The smallest absolute Gasteiger partial charge is 0.306 e. The normalized spacial score (nSPS) is 14.7. The standard InChI is InChI=1S/C18H24N2O4/c1-24-17(22)11-10-16(21)19-14-8-5-9-15(12-14)20-18(23)13-6-3-2-4-7-13/h5,8-9,12-13H,2-4,6-7,10-11H2,1H3,(H,19,21)(H,20,23). The second-order valence-corrected chi connectivity index (χ2v) is 6.03. The molecular weight excluding hydrogens is 308 g/mol. The predicted molar refractivity (Wildman–Crippen MR) is 91.5 cm³/mol. The van der Waals surface area contributed by atoms with Gasteiger partial charge < -0.3 is 15.4 Å². The maximum Gasteiger partial charge on any atom is 0.306 e. The Labute approximate surface area is 142 Å². The fourth-order valence-corrected chi connectivity index (χ4v) is 2.82. The molecule has 1 aliphatic rings. The molecule has 1 fully saturated rings. The van der Waals surface area contributed by atoms with Gasteiger partial charge in [-0.2, -0.15) is 0 Å². The minimum absolute atomic E-state index is 0.0421. The van der Waals surface area contributed by atoms with Gasteiger partial charge in [-0.25, -0.2) is 0 Å². The van der Waals surface area contributed by atoms with Gasteiger partial charge >= 0.3 is 5.97 Å². The Kier molecular flexibility index (Phi) is 6.78. The zero-order valence-electron chi connectivity index (χ0n) is 14.0. The molecule has 0 saturated heterocycles. The minimum atomic E-state index is -0.418. The number of nitrogens with one attached hydrogen (secondary N) is 2. The fourth-order valence-electron chi connectivity index (χ4n) is 2.82. The summed E-state index contributed by atoms with van der Waals surface area (Å²) in [7, 11) is 1.29. The van der Waals surface area contributed by atoms with Gasteiger partial charge in [-0.1, -0.05) is 25.3 Å². The van der Waals surface area contributed by atoms with Crippen molar-refractivity contribution in [2.45, 2.75) is 44.9 Å². The van der Waals surface area contributed by atoms with Gasteiger partial charge in [0.25, 0.3) is 0 Å². The van der Waals surface area contributed by atoms with Crippen molar-refractivity contribution in [2.24, 2.45) is 5.92 Å². The number of rotatable bonds is 6. The minimum Gasteiger partial charge on any atom is -0.469 e. The summed E-state index contributed by atoms with van der Waals surface area (Å²) in [6.07, 6.45) is 5.40. The number of ether oxygens (including phenoxy) is 1. The molecule has 0 heterocycles. The molecule has 0 aliphatic heterocycles. The molecule has 2 N–H and O–H groups in total. The number of esters is 1. The van der Waals surface area contributed by atoms with Gasteiger partial charge in [-0.15, -0.1) is 0 Å². The van der Waals surface area contributed by atoms with Crippen molar-refractivity contribution in [1.82, 2.24) is 0 Å². The van der Waals surface area contributed by atoms with E-state index in [1.165, 1.54) is 13.5 Å². The average molecular weight is 332 g/mol. The summed E-state index contributed by atoms with van der Waals surface area (Å²) in [5.74, 6) is -0.560. The zero-order valence-corrected chi connectivity index (χ0v) is 14.0. The van der Waals surface area contributed by atoms with E-state index in [1.54, 1.807) is 24.3 Å². The van der Waals surface area contributed by atoms with Gasteiger partial charge in [0.2, 0.25) is 11.8 Å². The van der Waals surface area contributed by atoms with Gasteiger partial charge in [0.05, 0.1) is 13.5 Å². The predicted octanol–water partition coefficient (Wildman–Crippen LogP) is 3.10. The van der Waals surface area contributed by atoms with Crippen LogP contribution in [0.4, 0.5) is 11.4 Å². The molecule has 24 heavy (non-hydrogen) atoms. The molecule has 1 aromatic rings. The third-order valence-electron chi connectivity index (χ3n) is 4.17. The molecule has 2 rings (SSSR count). The van der Waals surface area contributed by atoms with Crippen LogP contribution in [-0.2, 0) is 19.1 Å². The number of carbonyl (C=O) groups is 3. The van der Waals surface area contributed by atoms with E-state index >= 15 is 0 Å². The van der Waals surface area contributed by atoms with E-state index in [-0.39, 0.29) is 30.6 Å². The van der Waals surface area contributed by atoms with Crippen LogP contribution in [0.25, 0.3) is 0 Å². The molecule has 0 aromatic heterocycles. The van der Waals surface area contributed by atoms with Crippen molar-refractivity contribution in [3.05, 3.63) is 24.3 Å². The van der Waals surface area contributed by atoms with E-state index in [4.69, 9.17) is 0 Å². The Balaban J connectivity index is 1.87. The highest BCUT2D eigenvalue weighted by Crippen LogP contribution is 2.25. The van der Waals surface area contributed by atoms with Gasteiger partial charge in [-0.3, -0.25) is 14.4 Å². The summed E-state index contributed by atoms with van der Waals surface area (Å²) in [5.41, 5.74) is 1.25. The van der Waals surface area contributed by atoms with Crippen LogP contribution in [-0.4, -0.2) is 24.9 Å². The van der Waals surface area contributed by atoms with E-state index < -0.39 is 5.97 Å². The highest BCUT2D eigenvalue weighted by atomic mass is 16.5. The number of hydrogen-bond acceptors (Lipinski definition) is 4. The summed E-state index contributed by atoms with van der Waals surface area (Å²) in [6, 6.07) is 7.03. The molecular formula is C18H24N2O4. The Morgan fingerprint density at radius 2 is 1.71 bits per heavy atom. The lowest BCUT2D eigenvalue weighted by atomic mass is 9.88. The van der Waals surface area contributed by atoms with Crippen LogP contribution < -0.4 is 10.6 Å². The van der Waals surface area contributed by atoms with E-state index in [2.05, 4.69) is 15.4 Å². The first-order valence-corrected chi connectivity index (χ1v) is 8.36. The topological polar surface area (TPSA) is 84.5 Å². The molecule has 1 aliphatic carbocycles. The Bertz CT molecular complexity index is 594. The van der Waals surface area contributed by atoms with E-state index in [0.29, 0.717) is 11.4 Å². The maximum atomic E-state index is 12.3. The van der Waals surface area contributed by atoms with Crippen molar-refractivity contribution >= 4 is 29.2 Å². The van der Waals surface area contributed by atoms with Gasteiger partial charge in [0.15, 0.2) is 0 Å². The van der Waals surface area contributed by atoms with Crippen molar-refractivity contribution < 1.29 is 19.1 Å². The van der Waals surface area contributed by atoms with Gasteiger partial charge in [-0.05, 0) is 31.0 Å². The number of benzene rings is 1. The quantitative estimate of drug-likeness (QED) is 0.784. The summed E-state index contributed by atoms with van der Waals surface area (Å²) >= 11 is 0. The Morgan fingerprint density at radius 1 is 1.04 bits per heavy atom. The van der Waals surface area contributed by atoms with Crippen molar-refractivity contribution in [1.29, 1.82) is 0 Å². The lowest BCUT2D eigenvalue weighted by Gasteiger charge is -2.20.